The molecule has 1 fully saturated rings. The number of aromatic amines is 1. The standard InChI is InChI=1S/C21H25N9O.C2HF3O2/c1-13-19(14(2)29(4)26-13)16-12-18(25-24-16)21-23-20(27-31-21)17-11-15(5-6-22-17)30-9-7-28(3)8-10-30;3-2(4,5)1(6)7/h5-6,11-12H,7-10H2,1-4H3,(H,24,25);(H,6,7). The number of H-pyrrole nitrogens is 1. The maximum atomic E-state index is 10.6. The van der Waals surface area contributed by atoms with Crippen molar-refractivity contribution in [3.05, 3.63) is 35.8 Å². The van der Waals surface area contributed by atoms with Crippen molar-refractivity contribution in [2.24, 2.45) is 7.05 Å². The summed E-state index contributed by atoms with van der Waals surface area (Å²) in [6.07, 6.45) is -3.29. The van der Waals surface area contributed by atoms with Gasteiger partial charge in [-0.2, -0.15) is 28.4 Å². The fourth-order valence-corrected chi connectivity index (χ4v) is 3.94. The van der Waals surface area contributed by atoms with Gasteiger partial charge in [0, 0.05) is 56.4 Å². The van der Waals surface area contributed by atoms with Gasteiger partial charge in [-0.05, 0) is 39.1 Å². The van der Waals surface area contributed by atoms with E-state index in [-0.39, 0.29) is 0 Å². The van der Waals surface area contributed by atoms with E-state index < -0.39 is 12.1 Å². The van der Waals surface area contributed by atoms with Crippen LogP contribution in [-0.2, 0) is 11.8 Å². The Balaban J connectivity index is 0.000000426. The molecule has 5 heterocycles. The van der Waals surface area contributed by atoms with Gasteiger partial charge in [0.2, 0.25) is 5.82 Å². The fraction of sp³-hybridized carbons (Fsp3) is 0.391. The molecule has 0 radical (unpaired) electrons. The summed E-state index contributed by atoms with van der Waals surface area (Å²) in [5, 5.41) is 23.2. The highest BCUT2D eigenvalue weighted by Crippen LogP contribution is 2.29. The molecule has 2 N–H and O–H groups in total. The molecule has 15 heteroatoms. The number of halogens is 3. The third kappa shape index (κ3) is 5.82. The van der Waals surface area contributed by atoms with Crippen molar-refractivity contribution >= 4 is 11.7 Å². The van der Waals surface area contributed by atoms with Gasteiger partial charge in [0.05, 0.1) is 11.4 Å². The van der Waals surface area contributed by atoms with Crippen LogP contribution in [0.4, 0.5) is 18.9 Å². The number of piperazine rings is 1. The van der Waals surface area contributed by atoms with Gasteiger partial charge in [-0.3, -0.25) is 14.8 Å². The van der Waals surface area contributed by atoms with E-state index in [2.05, 4.69) is 47.3 Å². The number of rotatable bonds is 4. The fourth-order valence-electron chi connectivity index (χ4n) is 3.94. The molecule has 1 aliphatic rings. The smallest absolute Gasteiger partial charge is 0.475 e. The molecule has 0 aliphatic carbocycles. The summed E-state index contributed by atoms with van der Waals surface area (Å²) in [6, 6.07) is 5.94. The molecule has 0 atom stereocenters. The lowest BCUT2D eigenvalue weighted by Crippen LogP contribution is -2.44. The summed E-state index contributed by atoms with van der Waals surface area (Å²) in [5.41, 5.74) is 6.24. The summed E-state index contributed by atoms with van der Waals surface area (Å²) < 4.78 is 39.1. The highest BCUT2D eigenvalue weighted by atomic mass is 19.4. The number of carbonyl (C=O) groups is 1. The Hall–Kier alpha value is -4.27. The molecule has 1 aliphatic heterocycles. The summed E-state index contributed by atoms with van der Waals surface area (Å²) in [4.78, 5) is 22.6. The third-order valence-electron chi connectivity index (χ3n) is 6.08. The van der Waals surface area contributed by atoms with Gasteiger partial charge >= 0.3 is 12.1 Å². The highest BCUT2D eigenvalue weighted by Gasteiger charge is 2.38. The number of hydrogen-bond donors (Lipinski definition) is 2. The van der Waals surface area contributed by atoms with Crippen molar-refractivity contribution in [1.29, 1.82) is 0 Å². The summed E-state index contributed by atoms with van der Waals surface area (Å²) in [5.74, 6) is -1.93. The zero-order valence-corrected chi connectivity index (χ0v) is 21.1. The van der Waals surface area contributed by atoms with Crippen LogP contribution in [0.1, 0.15) is 11.4 Å². The van der Waals surface area contributed by atoms with E-state index in [4.69, 9.17) is 14.4 Å². The molecule has 1 saturated heterocycles. The Bertz CT molecular complexity index is 1420. The van der Waals surface area contributed by atoms with Gasteiger partial charge in [-0.15, -0.1) is 0 Å². The molecule has 38 heavy (non-hydrogen) atoms. The molecule has 0 spiro atoms. The molecule has 0 aromatic carbocycles. The average molecular weight is 534 g/mol. The maximum Gasteiger partial charge on any atom is 0.490 e. The summed E-state index contributed by atoms with van der Waals surface area (Å²) >= 11 is 0. The van der Waals surface area contributed by atoms with E-state index in [9.17, 15) is 13.2 Å². The molecule has 0 saturated carbocycles. The topological polar surface area (TPSA) is 142 Å². The first-order valence-electron chi connectivity index (χ1n) is 11.5. The first-order chi connectivity index (χ1) is 17.9. The SMILES string of the molecule is Cc1nn(C)c(C)c1-c1cc(-c2nc(-c3cc(N4CCN(C)CC4)ccn3)no2)[nH]n1.O=C(O)C(F)(F)F. The van der Waals surface area contributed by atoms with Gasteiger partial charge in [-0.1, -0.05) is 5.16 Å². The van der Waals surface area contributed by atoms with Crippen LogP contribution in [0.2, 0.25) is 0 Å². The van der Waals surface area contributed by atoms with Crippen LogP contribution in [0.15, 0.2) is 28.9 Å². The minimum atomic E-state index is -5.08. The molecule has 0 bridgehead atoms. The molecular formula is C23H26F3N9O3. The molecular weight excluding hydrogens is 507 g/mol. The zero-order valence-electron chi connectivity index (χ0n) is 21.1. The number of carboxylic acid groups (broad SMARTS) is 1. The first-order valence-corrected chi connectivity index (χ1v) is 11.5. The number of pyridine rings is 1. The molecule has 0 amide bonds. The van der Waals surface area contributed by atoms with E-state index in [1.54, 1.807) is 6.20 Å². The van der Waals surface area contributed by atoms with Crippen molar-refractivity contribution in [3.8, 4) is 34.4 Å². The number of hydrogen-bond acceptors (Lipinski definition) is 9. The van der Waals surface area contributed by atoms with Crippen molar-refractivity contribution in [2.45, 2.75) is 20.0 Å². The Kier molecular flexibility index (Phi) is 7.48. The Morgan fingerprint density at radius 2 is 1.79 bits per heavy atom. The molecule has 0 unspecified atom stereocenters. The van der Waals surface area contributed by atoms with Gasteiger partial charge in [0.25, 0.3) is 5.89 Å². The second kappa shape index (κ2) is 10.6. The number of likely N-dealkylation sites (N-methyl/N-ethyl adjacent to an activating group) is 1. The Labute approximate surface area is 215 Å². The van der Waals surface area contributed by atoms with Gasteiger partial charge in [-0.25, -0.2) is 4.79 Å². The quantitative estimate of drug-likeness (QED) is 0.402. The van der Waals surface area contributed by atoms with Crippen LogP contribution in [-0.4, -0.2) is 90.5 Å². The lowest BCUT2D eigenvalue weighted by atomic mass is 10.1. The Morgan fingerprint density at radius 3 is 2.39 bits per heavy atom. The monoisotopic (exact) mass is 533 g/mol. The van der Waals surface area contributed by atoms with Gasteiger partial charge < -0.3 is 19.4 Å². The number of alkyl halides is 3. The third-order valence-corrected chi connectivity index (χ3v) is 6.08. The number of anilines is 1. The van der Waals surface area contributed by atoms with E-state index in [1.165, 1.54) is 0 Å². The molecule has 5 rings (SSSR count). The van der Waals surface area contributed by atoms with Crippen LogP contribution >= 0.6 is 0 Å². The van der Waals surface area contributed by atoms with Crippen LogP contribution in [0.3, 0.4) is 0 Å². The molecule has 202 valence electrons. The lowest BCUT2D eigenvalue weighted by Gasteiger charge is -2.34. The van der Waals surface area contributed by atoms with E-state index >= 15 is 0 Å². The van der Waals surface area contributed by atoms with Crippen molar-refractivity contribution < 1.29 is 27.6 Å². The summed E-state index contributed by atoms with van der Waals surface area (Å²) in [6.45, 7) is 8.06. The predicted molar refractivity (Wildman–Crippen MR) is 130 cm³/mol. The van der Waals surface area contributed by atoms with E-state index in [1.807, 2.05) is 43.8 Å². The van der Waals surface area contributed by atoms with Crippen LogP contribution in [0, 0.1) is 13.8 Å². The van der Waals surface area contributed by atoms with Crippen LogP contribution in [0.5, 0.6) is 0 Å². The predicted octanol–water partition coefficient (Wildman–Crippen LogP) is 2.92. The number of carboxylic acids is 1. The Morgan fingerprint density at radius 1 is 1.11 bits per heavy atom. The number of aromatic nitrogens is 7. The maximum absolute atomic E-state index is 10.6. The summed E-state index contributed by atoms with van der Waals surface area (Å²) in [7, 11) is 4.07. The molecule has 4 aromatic heterocycles. The van der Waals surface area contributed by atoms with Crippen molar-refractivity contribution in [3.63, 3.8) is 0 Å². The molecule has 4 aromatic rings. The number of aryl methyl sites for hydroxylation is 2. The minimum Gasteiger partial charge on any atom is -0.475 e. The number of nitrogens with zero attached hydrogens (tertiary/aromatic N) is 8. The second-order valence-corrected chi connectivity index (χ2v) is 8.75. The van der Waals surface area contributed by atoms with E-state index in [0.29, 0.717) is 23.1 Å². The number of aliphatic carboxylic acids is 1. The normalized spacial score (nSPS) is 14.3. The number of nitrogens with one attached hydrogen (secondary N) is 1. The van der Waals surface area contributed by atoms with Crippen LogP contribution in [0.25, 0.3) is 34.4 Å². The van der Waals surface area contributed by atoms with Gasteiger partial charge in [0.15, 0.2) is 0 Å². The first kappa shape index (κ1) is 26.8. The van der Waals surface area contributed by atoms with Crippen molar-refractivity contribution in [2.75, 3.05) is 38.1 Å². The zero-order chi connectivity index (χ0) is 27.6. The largest absolute Gasteiger partial charge is 0.490 e. The second-order valence-electron chi connectivity index (χ2n) is 8.75. The highest BCUT2D eigenvalue weighted by molar-refractivity contribution is 5.73. The average Bonchev–Trinajstić information content (AvgIpc) is 3.59. The van der Waals surface area contributed by atoms with Gasteiger partial charge in [0.1, 0.15) is 11.4 Å². The van der Waals surface area contributed by atoms with Crippen LogP contribution < -0.4 is 4.90 Å². The van der Waals surface area contributed by atoms with Crippen molar-refractivity contribution in [1.82, 2.24) is 40.0 Å². The van der Waals surface area contributed by atoms with E-state index in [0.717, 1.165) is 54.5 Å². The molecule has 12 nitrogen and oxygen atoms in total. The lowest BCUT2D eigenvalue weighted by molar-refractivity contribution is -0.192. The minimum absolute atomic E-state index is 0.375.